The van der Waals surface area contributed by atoms with E-state index in [4.69, 9.17) is 16.6 Å². The second kappa shape index (κ2) is 6.28. The molecule has 0 spiro atoms. The summed E-state index contributed by atoms with van der Waals surface area (Å²) in [6, 6.07) is 18.4. The van der Waals surface area contributed by atoms with Crippen LogP contribution in [0.15, 0.2) is 60.7 Å². The van der Waals surface area contributed by atoms with Crippen molar-refractivity contribution < 1.29 is 9.90 Å². The van der Waals surface area contributed by atoms with Gasteiger partial charge in [-0.1, -0.05) is 54.1 Å². The molecule has 0 unspecified atom stereocenters. The Hall–Kier alpha value is -3.18. The molecule has 6 heteroatoms. The molecule has 0 aliphatic rings. The molecule has 0 amide bonds. The van der Waals surface area contributed by atoms with Gasteiger partial charge in [-0.2, -0.15) is 5.10 Å². The number of fused-ring (bicyclic) bond motifs is 1. The van der Waals surface area contributed by atoms with Gasteiger partial charge in [0.1, 0.15) is 0 Å². The summed E-state index contributed by atoms with van der Waals surface area (Å²) in [5.41, 5.74) is 4.41. The van der Waals surface area contributed by atoms with Crippen LogP contribution >= 0.6 is 11.6 Å². The lowest BCUT2D eigenvalue weighted by Crippen LogP contribution is -2.08. The van der Waals surface area contributed by atoms with E-state index in [1.165, 1.54) is 10.6 Å². The van der Waals surface area contributed by atoms with E-state index in [9.17, 15) is 9.90 Å². The lowest BCUT2D eigenvalue weighted by atomic mass is 10.1. The van der Waals surface area contributed by atoms with Crippen LogP contribution in [0.3, 0.4) is 0 Å². The highest BCUT2D eigenvalue weighted by Gasteiger charge is 2.20. The Morgan fingerprint density at radius 3 is 2.38 bits per heavy atom. The highest BCUT2D eigenvalue weighted by molar-refractivity contribution is 6.30. The first kappa shape index (κ1) is 16.3. The van der Waals surface area contributed by atoms with Gasteiger partial charge in [0.2, 0.25) is 0 Å². The van der Waals surface area contributed by atoms with Crippen LogP contribution in [0.1, 0.15) is 16.2 Å². The van der Waals surface area contributed by atoms with Gasteiger partial charge < -0.3 is 5.11 Å². The molecule has 0 atom stereocenters. The number of hydrogen-bond acceptors (Lipinski definition) is 3. The molecule has 5 nitrogen and oxygen atoms in total. The summed E-state index contributed by atoms with van der Waals surface area (Å²) in [6.07, 6.45) is 0. The molecule has 26 heavy (non-hydrogen) atoms. The predicted octanol–water partition coefficient (Wildman–Crippen LogP) is 4.72. The van der Waals surface area contributed by atoms with E-state index in [0.29, 0.717) is 16.4 Å². The van der Waals surface area contributed by atoms with E-state index in [1.807, 2.05) is 49.4 Å². The standard InChI is InChI=1S/C20H14ClN3O2/c1-12-18(14-5-3-2-4-6-14)19-22-16(13-7-9-15(21)10-8-13)11-17(20(25)26)24(19)23-12/h2-11H,1H3,(H,25,26). The van der Waals surface area contributed by atoms with E-state index < -0.39 is 5.97 Å². The molecule has 4 rings (SSSR count). The van der Waals surface area contributed by atoms with Crippen molar-refractivity contribution in [2.75, 3.05) is 0 Å². The van der Waals surface area contributed by atoms with Gasteiger partial charge in [0.05, 0.1) is 11.4 Å². The summed E-state index contributed by atoms with van der Waals surface area (Å²) in [6.45, 7) is 1.85. The van der Waals surface area contributed by atoms with Crippen molar-refractivity contribution in [3.63, 3.8) is 0 Å². The molecular weight excluding hydrogens is 350 g/mol. The van der Waals surface area contributed by atoms with Crippen LogP contribution in [0.25, 0.3) is 28.0 Å². The van der Waals surface area contributed by atoms with Crippen molar-refractivity contribution in [3.8, 4) is 22.4 Å². The van der Waals surface area contributed by atoms with Gasteiger partial charge >= 0.3 is 5.97 Å². The average Bonchev–Trinajstić information content (AvgIpc) is 2.97. The maximum atomic E-state index is 11.8. The molecule has 0 fully saturated rings. The zero-order valence-electron chi connectivity index (χ0n) is 13.8. The number of aryl methyl sites for hydroxylation is 1. The van der Waals surface area contributed by atoms with Crippen LogP contribution in [0.2, 0.25) is 5.02 Å². The first-order valence-electron chi connectivity index (χ1n) is 7.99. The summed E-state index contributed by atoms with van der Waals surface area (Å²) >= 11 is 5.96. The molecule has 2 aromatic carbocycles. The van der Waals surface area contributed by atoms with Crippen LogP contribution in [0.5, 0.6) is 0 Å². The maximum absolute atomic E-state index is 11.8. The van der Waals surface area contributed by atoms with E-state index in [2.05, 4.69) is 5.10 Å². The smallest absolute Gasteiger partial charge is 0.354 e. The fourth-order valence-corrected chi connectivity index (χ4v) is 3.11. The molecule has 0 bridgehead atoms. The van der Waals surface area contributed by atoms with E-state index in [-0.39, 0.29) is 5.69 Å². The van der Waals surface area contributed by atoms with Gasteiger partial charge in [-0.25, -0.2) is 14.3 Å². The quantitative estimate of drug-likeness (QED) is 0.571. The summed E-state index contributed by atoms with van der Waals surface area (Å²) in [7, 11) is 0. The molecule has 2 heterocycles. The number of aromatic carboxylic acids is 1. The van der Waals surface area contributed by atoms with Crippen molar-refractivity contribution in [1.29, 1.82) is 0 Å². The van der Waals surface area contributed by atoms with Crippen LogP contribution in [-0.4, -0.2) is 25.7 Å². The highest BCUT2D eigenvalue weighted by Crippen LogP contribution is 2.30. The molecule has 4 aromatic rings. The molecule has 0 aliphatic carbocycles. The molecule has 0 aliphatic heterocycles. The second-order valence-corrected chi connectivity index (χ2v) is 6.34. The number of halogens is 1. The first-order chi connectivity index (χ1) is 12.5. The number of hydrogen-bond donors (Lipinski definition) is 1. The van der Waals surface area contributed by atoms with Gasteiger partial charge in [-0.05, 0) is 30.7 Å². The molecule has 0 saturated carbocycles. The van der Waals surface area contributed by atoms with Crippen molar-refractivity contribution >= 4 is 23.2 Å². The Kier molecular flexibility index (Phi) is 3.93. The Morgan fingerprint density at radius 1 is 1.04 bits per heavy atom. The number of nitrogens with zero attached hydrogens (tertiary/aromatic N) is 3. The van der Waals surface area contributed by atoms with Crippen molar-refractivity contribution in [1.82, 2.24) is 14.6 Å². The van der Waals surface area contributed by atoms with Crippen LogP contribution < -0.4 is 0 Å². The third-order valence-electron chi connectivity index (χ3n) is 4.19. The van der Waals surface area contributed by atoms with E-state index in [1.54, 1.807) is 12.1 Å². The van der Waals surface area contributed by atoms with E-state index >= 15 is 0 Å². The lowest BCUT2D eigenvalue weighted by molar-refractivity contribution is 0.0687. The van der Waals surface area contributed by atoms with Crippen molar-refractivity contribution in [3.05, 3.63) is 77.1 Å². The Morgan fingerprint density at radius 2 is 1.73 bits per heavy atom. The Labute approximate surface area is 154 Å². The highest BCUT2D eigenvalue weighted by atomic mass is 35.5. The summed E-state index contributed by atoms with van der Waals surface area (Å²) in [5.74, 6) is -1.06. The fourth-order valence-electron chi connectivity index (χ4n) is 2.99. The molecule has 0 saturated heterocycles. The number of carboxylic acid groups (broad SMARTS) is 1. The van der Waals surface area contributed by atoms with Gasteiger partial charge in [0.25, 0.3) is 0 Å². The zero-order valence-corrected chi connectivity index (χ0v) is 14.6. The summed E-state index contributed by atoms with van der Waals surface area (Å²) < 4.78 is 1.39. The van der Waals surface area contributed by atoms with Gasteiger partial charge in [0, 0.05) is 16.1 Å². The molecule has 2 aromatic heterocycles. The van der Waals surface area contributed by atoms with Gasteiger partial charge in [-0.15, -0.1) is 0 Å². The van der Waals surface area contributed by atoms with Crippen LogP contribution in [0, 0.1) is 6.92 Å². The van der Waals surface area contributed by atoms with Crippen LogP contribution in [0.4, 0.5) is 0 Å². The minimum Gasteiger partial charge on any atom is -0.477 e. The Balaban J connectivity index is 2.04. The third kappa shape index (κ3) is 2.72. The number of rotatable bonds is 3. The van der Waals surface area contributed by atoms with Crippen molar-refractivity contribution in [2.45, 2.75) is 6.92 Å². The van der Waals surface area contributed by atoms with E-state index in [0.717, 1.165) is 22.4 Å². The SMILES string of the molecule is Cc1nn2c(C(=O)O)cc(-c3ccc(Cl)cc3)nc2c1-c1ccccc1. The van der Waals surface area contributed by atoms with Crippen molar-refractivity contribution in [2.24, 2.45) is 0 Å². The third-order valence-corrected chi connectivity index (χ3v) is 4.44. The molecule has 1 N–H and O–H groups in total. The number of aromatic nitrogens is 3. The monoisotopic (exact) mass is 363 g/mol. The molecule has 128 valence electrons. The minimum absolute atomic E-state index is 0.0604. The fraction of sp³-hybridized carbons (Fsp3) is 0.0500. The van der Waals surface area contributed by atoms with Gasteiger partial charge in [-0.3, -0.25) is 0 Å². The number of carbonyl (C=O) groups is 1. The minimum atomic E-state index is -1.06. The van der Waals surface area contributed by atoms with Crippen LogP contribution in [-0.2, 0) is 0 Å². The topological polar surface area (TPSA) is 67.5 Å². The average molecular weight is 364 g/mol. The predicted molar refractivity (Wildman–Crippen MR) is 101 cm³/mol. The summed E-state index contributed by atoms with van der Waals surface area (Å²) in [4.78, 5) is 16.5. The number of carboxylic acids is 1. The zero-order chi connectivity index (χ0) is 18.3. The summed E-state index contributed by atoms with van der Waals surface area (Å²) in [5, 5.41) is 14.7. The molecular formula is C20H14ClN3O2. The second-order valence-electron chi connectivity index (χ2n) is 5.90. The maximum Gasteiger partial charge on any atom is 0.354 e. The molecule has 0 radical (unpaired) electrons. The normalized spacial score (nSPS) is 11.0. The number of benzene rings is 2. The van der Waals surface area contributed by atoms with Gasteiger partial charge in [0.15, 0.2) is 11.3 Å². The largest absolute Gasteiger partial charge is 0.477 e. The first-order valence-corrected chi connectivity index (χ1v) is 8.37. The lowest BCUT2D eigenvalue weighted by Gasteiger charge is -2.07. The Bertz CT molecular complexity index is 1120.